The van der Waals surface area contributed by atoms with Crippen LogP contribution in [0.1, 0.15) is 6.42 Å². The maximum Gasteiger partial charge on any atom is 0.259 e. The average molecular weight is 191 g/mol. The van der Waals surface area contributed by atoms with E-state index in [4.69, 9.17) is 4.74 Å². The molecule has 0 aromatic rings. The van der Waals surface area contributed by atoms with E-state index < -0.39 is 11.3 Å². The molecule has 0 aromatic carbocycles. The molecule has 13 heavy (non-hydrogen) atoms. The van der Waals surface area contributed by atoms with Gasteiger partial charge in [-0.15, -0.1) is 0 Å². The van der Waals surface area contributed by atoms with Crippen LogP contribution in [-0.4, -0.2) is 38.1 Å². The van der Waals surface area contributed by atoms with Gasteiger partial charge in [-0.1, -0.05) is 6.58 Å². The van der Waals surface area contributed by atoms with Crippen molar-refractivity contribution < 1.29 is 13.5 Å². The fourth-order valence-electron chi connectivity index (χ4n) is 1.58. The van der Waals surface area contributed by atoms with Crippen LogP contribution in [0, 0.1) is 5.41 Å². The molecule has 2 nitrogen and oxygen atoms in total. The van der Waals surface area contributed by atoms with Gasteiger partial charge in [-0.3, -0.25) is 0 Å². The Morgan fingerprint density at radius 3 is 2.38 bits per heavy atom. The van der Waals surface area contributed by atoms with E-state index in [1.54, 1.807) is 19.0 Å². The summed E-state index contributed by atoms with van der Waals surface area (Å²) in [6, 6.07) is 0. The van der Waals surface area contributed by atoms with E-state index in [0.29, 0.717) is 6.54 Å². The highest BCUT2D eigenvalue weighted by molar-refractivity contribution is 5.11. The molecule has 0 aromatic heterocycles. The van der Waals surface area contributed by atoms with E-state index in [1.807, 2.05) is 0 Å². The van der Waals surface area contributed by atoms with Crippen LogP contribution in [0.5, 0.6) is 0 Å². The zero-order chi connectivity index (χ0) is 10.1. The largest absolute Gasteiger partial charge is 0.501 e. The predicted molar refractivity (Wildman–Crippen MR) is 46.7 cm³/mol. The summed E-state index contributed by atoms with van der Waals surface area (Å²) < 4.78 is 30.8. The Morgan fingerprint density at radius 2 is 2.08 bits per heavy atom. The van der Waals surface area contributed by atoms with Gasteiger partial charge in [-0.05, 0) is 14.1 Å². The van der Waals surface area contributed by atoms with Crippen LogP contribution < -0.4 is 0 Å². The SMILES string of the molecule is C=COCC1(CN(C)C)CC1(F)F. The Hall–Kier alpha value is -0.640. The smallest absolute Gasteiger partial charge is 0.259 e. The number of rotatable bonds is 5. The Bertz CT molecular complexity index is 206. The number of halogens is 2. The van der Waals surface area contributed by atoms with Gasteiger partial charge in [0.1, 0.15) is 6.61 Å². The molecule has 1 rings (SSSR count). The quantitative estimate of drug-likeness (QED) is 0.614. The molecule has 1 aliphatic carbocycles. The molecule has 1 fully saturated rings. The lowest BCUT2D eigenvalue weighted by atomic mass is 10.1. The standard InChI is InChI=1S/C9H15F2NO/c1-4-13-7-8(6-12(2)3)5-9(8,10)11/h4H,1,5-7H2,2-3H3. The summed E-state index contributed by atoms with van der Waals surface area (Å²) in [6.45, 7) is 3.75. The Kier molecular flexibility index (Phi) is 2.61. The molecule has 0 heterocycles. The second kappa shape index (κ2) is 3.25. The lowest BCUT2D eigenvalue weighted by molar-refractivity contribution is 0.0212. The number of ether oxygens (including phenoxy) is 1. The molecular formula is C9H15F2NO. The van der Waals surface area contributed by atoms with Gasteiger partial charge in [-0.25, -0.2) is 8.78 Å². The van der Waals surface area contributed by atoms with E-state index in [2.05, 4.69) is 6.58 Å². The van der Waals surface area contributed by atoms with E-state index in [-0.39, 0.29) is 13.0 Å². The molecule has 0 N–H and O–H groups in total. The molecule has 1 aliphatic rings. The van der Waals surface area contributed by atoms with Crippen LogP contribution in [0.25, 0.3) is 0 Å². The van der Waals surface area contributed by atoms with Crippen molar-refractivity contribution in [3.05, 3.63) is 12.8 Å². The molecule has 0 aliphatic heterocycles. The number of hydrogen-bond acceptors (Lipinski definition) is 2. The van der Waals surface area contributed by atoms with Crippen molar-refractivity contribution in [2.45, 2.75) is 12.3 Å². The lowest BCUT2D eigenvalue weighted by Gasteiger charge is -2.20. The maximum atomic E-state index is 13.0. The third-order valence-corrected chi connectivity index (χ3v) is 2.31. The number of nitrogens with zero attached hydrogens (tertiary/aromatic N) is 1. The van der Waals surface area contributed by atoms with Crippen molar-refractivity contribution in [3.8, 4) is 0 Å². The van der Waals surface area contributed by atoms with Gasteiger partial charge in [0.15, 0.2) is 0 Å². The summed E-state index contributed by atoms with van der Waals surface area (Å²) in [5.74, 6) is -2.57. The van der Waals surface area contributed by atoms with Crippen molar-refractivity contribution in [2.75, 3.05) is 27.2 Å². The first-order valence-electron chi connectivity index (χ1n) is 4.19. The second-order valence-electron chi connectivity index (χ2n) is 3.88. The molecule has 1 unspecified atom stereocenters. The van der Waals surface area contributed by atoms with Gasteiger partial charge in [0, 0.05) is 13.0 Å². The Balaban J connectivity index is 2.53. The predicted octanol–water partition coefficient (Wildman–Crippen LogP) is 1.73. The summed E-state index contributed by atoms with van der Waals surface area (Å²) in [6.07, 6.45) is 1.14. The van der Waals surface area contributed by atoms with Crippen LogP contribution >= 0.6 is 0 Å². The normalized spacial score (nSPS) is 30.2. The lowest BCUT2D eigenvalue weighted by Crippen LogP contribution is -2.30. The highest BCUT2D eigenvalue weighted by Gasteiger charge is 2.71. The van der Waals surface area contributed by atoms with E-state index in [0.717, 1.165) is 0 Å². The molecule has 0 amide bonds. The summed E-state index contributed by atoms with van der Waals surface area (Å²) in [7, 11) is 3.56. The van der Waals surface area contributed by atoms with Gasteiger partial charge in [0.05, 0.1) is 11.7 Å². The zero-order valence-electron chi connectivity index (χ0n) is 8.02. The first kappa shape index (κ1) is 10.4. The van der Waals surface area contributed by atoms with Crippen LogP contribution in [0.15, 0.2) is 12.8 Å². The number of alkyl halides is 2. The van der Waals surface area contributed by atoms with E-state index in [9.17, 15) is 8.78 Å². The molecule has 1 atom stereocenters. The second-order valence-corrected chi connectivity index (χ2v) is 3.88. The third kappa shape index (κ3) is 1.99. The minimum absolute atomic E-state index is 0.0572. The maximum absolute atomic E-state index is 13.0. The van der Waals surface area contributed by atoms with E-state index >= 15 is 0 Å². The van der Waals surface area contributed by atoms with Crippen molar-refractivity contribution in [1.29, 1.82) is 0 Å². The average Bonchev–Trinajstić information content (AvgIpc) is 2.48. The first-order chi connectivity index (χ1) is 5.93. The summed E-state index contributed by atoms with van der Waals surface area (Å²) in [4.78, 5) is 1.76. The van der Waals surface area contributed by atoms with Gasteiger partial charge in [-0.2, -0.15) is 0 Å². The van der Waals surface area contributed by atoms with Crippen LogP contribution in [0.3, 0.4) is 0 Å². The highest BCUT2D eigenvalue weighted by atomic mass is 19.3. The molecule has 4 heteroatoms. The summed E-state index contributed by atoms with van der Waals surface area (Å²) in [5, 5.41) is 0. The summed E-state index contributed by atoms with van der Waals surface area (Å²) >= 11 is 0. The van der Waals surface area contributed by atoms with Crippen molar-refractivity contribution in [1.82, 2.24) is 4.90 Å². The molecule has 0 spiro atoms. The molecule has 76 valence electrons. The number of hydrogen-bond donors (Lipinski definition) is 0. The fraction of sp³-hybridized carbons (Fsp3) is 0.778. The highest BCUT2D eigenvalue weighted by Crippen LogP contribution is 2.60. The summed E-state index contributed by atoms with van der Waals surface area (Å²) in [5.41, 5.74) is -0.981. The van der Waals surface area contributed by atoms with Crippen molar-refractivity contribution in [2.24, 2.45) is 5.41 Å². The topological polar surface area (TPSA) is 12.5 Å². The Morgan fingerprint density at radius 1 is 1.54 bits per heavy atom. The van der Waals surface area contributed by atoms with Gasteiger partial charge >= 0.3 is 0 Å². The van der Waals surface area contributed by atoms with Gasteiger partial charge in [0.25, 0.3) is 5.92 Å². The first-order valence-corrected chi connectivity index (χ1v) is 4.19. The minimum Gasteiger partial charge on any atom is -0.501 e. The molecular weight excluding hydrogens is 176 g/mol. The molecule has 0 bridgehead atoms. The fourth-order valence-corrected chi connectivity index (χ4v) is 1.58. The van der Waals surface area contributed by atoms with E-state index in [1.165, 1.54) is 6.26 Å². The molecule has 0 saturated heterocycles. The van der Waals surface area contributed by atoms with Crippen LogP contribution in [0.2, 0.25) is 0 Å². The Labute approximate surface area is 77.2 Å². The van der Waals surface area contributed by atoms with Gasteiger partial charge in [0.2, 0.25) is 0 Å². The molecule has 1 saturated carbocycles. The van der Waals surface area contributed by atoms with Gasteiger partial charge < -0.3 is 9.64 Å². The molecule has 0 radical (unpaired) electrons. The van der Waals surface area contributed by atoms with Crippen molar-refractivity contribution >= 4 is 0 Å². The zero-order valence-corrected chi connectivity index (χ0v) is 8.02. The monoisotopic (exact) mass is 191 g/mol. The van der Waals surface area contributed by atoms with Crippen LogP contribution in [-0.2, 0) is 4.74 Å². The van der Waals surface area contributed by atoms with Crippen LogP contribution in [0.4, 0.5) is 8.78 Å². The third-order valence-electron chi connectivity index (χ3n) is 2.31. The van der Waals surface area contributed by atoms with Crippen molar-refractivity contribution in [3.63, 3.8) is 0 Å². The minimum atomic E-state index is -2.57.